The van der Waals surface area contributed by atoms with Gasteiger partial charge in [-0.05, 0) is 31.2 Å². The summed E-state index contributed by atoms with van der Waals surface area (Å²) in [6.45, 7) is 2.03. The van der Waals surface area contributed by atoms with Gasteiger partial charge in [0, 0.05) is 24.4 Å². The summed E-state index contributed by atoms with van der Waals surface area (Å²) in [4.78, 5) is 15.9. The fourth-order valence-corrected chi connectivity index (χ4v) is 3.87. The monoisotopic (exact) mass is 309 g/mol. The molecule has 3 N–H and O–H groups in total. The van der Waals surface area contributed by atoms with Crippen LogP contribution in [0.2, 0.25) is 0 Å². The van der Waals surface area contributed by atoms with Gasteiger partial charge < -0.3 is 15.8 Å². The van der Waals surface area contributed by atoms with Crippen LogP contribution < -0.4 is 5.73 Å². The first-order valence-corrected chi connectivity index (χ1v) is 8.17. The molecular weight excluding hydrogens is 286 g/mol. The molecule has 1 unspecified atom stereocenters. The number of oxime groups is 1. The molecule has 1 aromatic heterocycles. The number of amidine groups is 1. The van der Waals surface area contributed by atoms with Gasteiger partial charge in [-0.15, -0.1) is 11.3 Å². The van der Waals surface area contributed by atoms with Gasteiger partial charge in [0.1, 0.15) is 5.41 Å². The minimum absolute atomic E-state index is 0.0284. The van der Waals surface area contributed by atoms with Gasteiger partial charge in [-0.1, -0.05) is 24.1 Å². The van der Waals surface area contributed by atoms with Crippen LogP contribution in [-0.4, -0.2) is 34.9 Å². The van der Waals surface area contributed by atoms with E-state index in [2.05, 4.69) is 11.2 Å². The molecule has 0 spiro atoms. The molecule has 1 atom stereocenters. The van der Waals surface area contributed by atoms with E-state index in [1.807, 2.05) is 25.4 Å². The topological polar surface area (TPSA) is 78.9 Å². The Labute approximate surface area is 129 Å². The third-order valence-corrected chi connectivity index (χ3v) is 5.42. The Morgan fingerprint density at radius 3 is 2.76 bits per heavy atom. The highest BCUT2D eigenvalue weighted by Gasteiger charge is 2.47. The molecule has 1 heterocycles. The van der Waals surface area contributed by atoms with Crippen molar-refractivity contribution in [2.75, 3.05) is 7.05 Å². The van der Waals surface area contributed by atoms with Crippen molar-refractivity contribution < 1.29 is 10.0 Å². The van der Waals surface area contributed by atoms with Crippen LogP contribution in [0.25, 0.3) is 0 Å². The minimum atomic E-state index is -0.812. The van der Waals surface area contributed by atoms with E-state index in [9.17, 15) is 4.79 Å². The quantitative estimate of drug-likeness (QED) is 0.379. The van der Waals surface area contributed by atoms with Crippen molar-refractivity contribution in [3.8, 4) is 0 Å². The molecule has 0 saturated heterocycles. The Morgan fingerprint density at radius 2 is 2.24 bits per heavy atom. The zero-order valence-corrected chi connectivity index (χ0v) is 13.4. The Bertz CT molecular complexity index is 507. The fraction of sp³-hybridized carbons (Fsp3) is 0.600. The Kier molecular flexibility index (Phi) is 4.88. The summed E-state index contributed by atoms with van der Waals surface area (Å²) in [5.41, 5.74) is 5.03. The van der Waals surface area contributed by atoms with Gasteiger partial charge in [0.25, 0.3) is 0 Å². The number of nitrogens with zero attached hydrogens (tertiary/aromatic N) is 2. The van der Waals surface area contributed by atoms with Crippen LogP contribution in [0.3, 0.4) is 0 Å². The minimum Gasteiger partial charge on any atom is -0.409 e. The molecule has 0 aliphatic heterocycles. The summed E-state index contributed by atoms with van der Waals surface area (Å²) >= 11 is 1.70. The van der Waals surface area contributed by atoms with E-state index in [1.54, 1.807) is 16.2 Å². The van der Waals surface area contributed by atoms with E-state index in [-0.39, 0.29) is 17.8 Å². The Morgan fingerprint density at radius 1 is 1.57 bits per heavy atom. The van der Waals surface area contributed by atoms with Crippen LogP contribution in [0.15, 0.2) is 22.7 Å². The number of carbonyl (C=O) groups excluding carboxylic acids is 1. The van der Waals surface area contributed by atoms with Crippen molar-refractivity contribution in [3.05, 3.63) is 22.4 Å². The normalized spacial score (nSPS) is 19.4. The molecule has 0 radical (unpaired) electrons. The summed E-state index contributed by atoms with van der Waals surface area (Å²) < 4.78 is 0. The van der Waals surface area contributed by atoms with Crippen molar-refractivity contribution in [1.82, 2.24) is 4.90 Å². The maximum Gasteiger partial charge on any atom is 0.236 e. The lowest BCUT2D eigenvalue weighted by Gasteiger charge is -2.34. The number of nitrogens with two attached hydrogens (primary N) is 1. The van der Waals surface area contributed by atoms with Crippen LogP contribution in [-0.2, 0) is 11.2 Å². The third kappa shape index (κ3) is 3.05. The SMILES string of the molecule is CC(Cc1cccs1)N(C)C(=O)C1(C(N)=NO)CCCC1. The summed E-state index contributed by atoms with van der Waals surface area (Å²) in [7, 11) is 1.81. The predicted octanol–water partition coefficient (Wildman–Crippen LogP) is 2.44. The van der Waals surface area contributed by atoms with Crippen molar-refractivity contribution >= 4 is 23.1 Å². The van der Waals surface area contributed by atoms with Gasteiger partial charge in [-0.25, -0.2) is 0 Å². The highest BCUT2D eigenvalue weighted by molar-refractivity contribution is 7.09. The second kappa shape index (κ2) is 6.47. The molecule has 1 aliphatic carbocycles. The van der Waals surface area contributed by atoms with Crippen molar-refractivity contribution in [3.63, 3.8) is 0 Å². The largest absolute Gasteiger partial charge is 0.409 e. The molecule has 1 saturated carbocycles. The van der Waals surface area contributed by atoms with Crippen molar-refractivity contribution in [2.24, 2.45) is 16.3 Å². The smallest absolute Gasteiger partial charge is 0.236 e. The number of hydrogen-bond donors (Lipinski definition) is 2. The maximum atomic E-state index is 12.9. The summed E-state index contributed by atoms with van der Waals surface area (Å²) in [5, 5.41) is 14.2. The molecule has 0 bridgehead atoms. The molecule has 2 rings (SSSR count). The standard InChI is InChI=1S/C15H23N3O2S/c1-11(10-12-6-5-9-21-12)18(2)14(19)15(13(16)17-20)7-3-4-8-15/h5-6,9,11,20H,3-4,7-8,10H2,1-2H3,(H2,16,17). The molecule has 116 valence electrons. The van der Waals surface area contributed by atoms with E-state index >= 15 is 0 Å². The highest BCUT2D eigenvalue weighted by atomic mass is 32.1. The van der Waals surface area contributed by atoms with Crippen molar-refractivity contribution in [2.45, 2.75) is 45.1 Å². The van der Waals surface area contributed by atoms with Crippen molar-refractivity contribution in [1.29, 1.82) is 0 Å². The van der Waals surface area contributed by atoms with E-state index in [1.165, 1.54) is 4.88 Å². The Hall–Kier alpha value is -1.56. The number of amides is 1. The predicted molar refractivity (Wildman–Crippen MR) is 84.6 cm³/mol. The van der Waals surface area contributed by atoms with Gasteiger partial charge in [0.2, 0.25) is 5.91 Å². The highest BCUT2D eigenvalue weighted by Crippen LogP contribution is 2.40. The second-order valence-electron chi connectivity index (χ2n) is 5.82. The lowest BCUT2D eigenvalue weighted by molar-refractivity contribution is -0.138. The average Bonchev–Trinajstić information content (AvgIpc) is 3.16. The molecule has 1 fully saturated rings. The van der Waals surface area contributed by atoms with E-state index < -0.39 is 5.41 Å². The average molecular weight is 309 g/mol. The molecule has 0 aromatic carbocycles. The van der Waals surface area contributed by atoms with Gasteiger partial charge >= 0.3 is 0 Å². The number of hydrogen-bond acceptors (Lipinski definition) is 4. The first-order chi connectivity index (χ1) is 10.0. The number of likely N-dealkylation sites (N-methyl/N-ethyl adjacent to an activating group) is 1. The first-order valence-electron chi connectivity index (χ1n) is 7.29. The number of thiophene rings is 1. The molecule has 6 heteroatoms. The lowest BCUT2D eigenvalue weighted by Crippen LogP contribution is -2.51. The van der Waals surface area contributed by atoms with E-state index in [4.69, 9.17) is 10.9 Å². The summed E-state index contributed by atoms with van der Waals surface area (Å²) in [5.74, 6) is 0.0273. The van der Waals surface area contributed by atoms with Crippen LogP contribution in [0.4, 0.5) is 0 Å². The number of carbonyl (C=O) groups is 1. The molecule has 1 aromatic rings. The lowest BCUT2D eigenvalue weighted by atomic mass is 9.83. The first kappa shape index (κ1) is 15.8. The third-order valence-electron chi connectivity index (χ3n) is 4.52. The van der Waals surface area contributed by atoms with E-state index in [0.29, 0.717) is 12.8 Å². The molecule has 1 aliphatic rings. The zero-order chi connectivity index (χ0) is 15.5. The summed E-state index contributed by atoms with van der Waals surface area (Å²) in [6.07, 6.45) is 4.03. The number of rotatable bonds is 5. The van der Waals surface area contributed by atoms with Gasteiger partial charge in [-0.3, -0.25) is 4.79 Å². The van der Waals surface area contributed by atoms with Gasteiger partial charge in [0.15, 0.2) is 5.84 Å². The zero-order valence-electron chi connectivity index (χ0n) is 12.6. The molecular formula is C15H23N3O2S. The molecule has 21 heavy (non-hydrogen) atoms. The second-order valence-corrected chi connectivity index (χ2v) is 6.86. The van der Waals surface area contributed by atoms with Crippen LogP contribution in [0.5, 0.6) is 0 Å². The maximum absolute atomic E-state index is 12.9. The Balaban J connectivity index is 2.13. The summed E-state index contributed by atoms with van der Waals surface area (Å²) in [6, 6.07) is 4.18. The van der Waals surface area contributed by atoms with Gasteiger partial charge in [-0.2, -0.15) is 0 Å². The van der Waals surface area contributed by atoms with Crippen LogP contribution >= 0.6 is 11.3 Å². The van der Waals surface area contributed by atoms with Gasteiger partial charge in [0.05, 0.1) is 0 Å². The van der Waals surface area contributed by atoms with Crippen LogP contribution in [0, 0.1) is 5.41 Å². The fourth-order valence-electron chi connectivity index (χ4n) is 3.05. The van der Waals surface area contributed by atoms with E-state index in [0.717, 1.165) is 19.3 Å². The van der Waals surface area contributed by atoms with Crippen LogP contribution in [0.1, 0.15) is 37.5 Å². The molecule has 1 amide bonds. The molecule has 5 nitrogen and oxygen atoms in total.